The number of nitrogens with zero attached hydrogens (tertiary/aromatic N) is 1. The fraction of sp³-hybridized carbons (Fsp3) is 0.710. The highest BCUT2D eigenvalue weighted by Crippen LogP contribution is 2.09. The van der Waals surface area contributed by atoms with E-state index in [1.165, 1.54) is 0 Å². The van der Waals surface area contributed by atoms with Gasteiger partial charge in [0.25, 0.3) is 0 Å². The summed E-state index contributed by atoms with van der Waals surface area (Å²) in [5.74, 6) is -9.93. The molecule has 0 spiro atoms. The molecule has 9 atom stereocenters. The molecular formula is C31H56N10O14. The fourth-order valence-electron chi connectivity index (χ4n) is 4.66. The number of aliphatic carboxylic acids is 2. The van der Waals surface area contributed by atoms with Gasteiger partial charge in [-0.3, -0.25) is 38.6 Å². The maximum Gasteiger partial charge on any atom is 0.328 e. The summed E-state index contributed by atoms with van der Waals surface area (Å²) < 4.78 is 0. The van der Waals surface area contributed by atoms with Crippen molar-refractivity contribution in [1.82, 2.24) is 31.9 Å². The van der Waals surface area contributed by atoms with Crippen LogP contribution >= 0.6 is 0 Å². The number of carbonyl (C=O) groups is 8. The van der Waals surface area contributed by atoms with Gasteiger partial charge in [-0.15, -0.1) is 0 Å². The Hall–Kier alpha value is -5.17. The van der Waals surface area contributed by atoms with Crippen LogP contribution in [0.3, 0.4) is 0 Å². The second kappa shape index (κ2) is 25.0. The summed E-state index contributed by atoms with van der Waals surface area (Å²) in [6, 6.07) is -11.3. The van der Waals surface area contributed by atoms with E-state index in [1.807, 2.05) is 5.32 Å². The predicted molar refractivity (Wildman–Crippen MR) is 191 cm³/mol. The molecule has 0 saturated heterocycles. The minimum Gasteiger partial charge on any atom is -0.481 e. The lowest BCUT2D eigenvalue weighted by atomic mass is 10.0. The van der Waals surface area contributed by atoms with Gasteiger partial charge in [-0.25, -0.2) is 4.79 Å². The topological polar surface area (TPSA) is 421 Å². The summed E-state index contributed by atoms with van der Waals surface area (Å²) in [5, 5.41) is 71.1. The van der Waals surface area contributed by atoms with Crippen LogP contribution in [0.2, 0.25) is 0 Å². The third-order valence-electron chi connectivity index (χ3n) is 7.66. The van der Waals surface area contributed by atoms with Crippen LogP contribution in [-0.4, -0.2) is 158 Å². The van der Waals surface area contributed by atoms with Gasteiger partial charge < -0.3 is 79.7 Å². The molecule has 0 aliphatic rings. The van der Waals surface area contributed by atoms with Crippen molar-refractivity contribution in [2.75, 3.05) is 19.8 Å². The quantitative estimate of drug-likeness (QED) is 0.0220. The Morgan fingerprint density at radius 2 is 1.04 bits per heavy atom. The number of carbonyl (C=O) groups excluding carboxylic acids is 6. The number of nitrogens with one attached hydrogen (secondary N) is 6. The zero-order valence-corrected chi connectivity index (χ0v) is 31.1. The van der Waals surface area contributed by atoms with Gasteiger partial charge in [0.2, 0.25) is 35.4 Å². The minimum atomic E-state index is -1.82. The smallest absolute Gasteiger partial charge is 0.328 e. The monoisotopic (exact) mass is 792 g/mol. The highest BCUT2D eigenvalue weighted by Gasteiger charge is 2.36. The van der Waals surface area contributed by atoms with Crippen LogP contribution in [0.5, 0.6) is 0 Å². The molecule has 0 aliphatic heterocycles. The largest absolute Gasteiger partial charge is 0.481 e. The number of amides is 6. The first-order valence-electron chi connectivity index (χ1n) is 17.2. The predicted octanol–water partition coefficient (Wildman–Crippen LogP) is -6.98. The molecule has 0 rings (SSSR count). The van der Waals surface area contributed by atoms with Gasteiger partial charge in [-0.05, 0) is 45.4 Å². The molecule has 0 aromatic heterocycles. The number of hydrogen-bond donors (Lipinski definition) is 15. The molecule has 0 aromatic carbocycles. The number of aliphatic hydroxyl groups is 4. The van der Waals surface area contributed by atoms with E-state index in [1.54, 1.807) is 13.8 Å². The highest BCUT2D eigenvalue weighted by atomic mass is 16.4. The average molecular weight is 793 g/mol. The van der Waals surface area contributed by atoms with Crippen molar-refractivity contribution in [3.05, 3.63) is 0 Å². The zero-order chi connectivity index (χ0) is 42.6. The van der Waals surface area contributed by atoms with E-state index in [-0.39, 0.29) is 31.3 Å². The lowest BCUT2D eigenvalue weighted by Gasteiger charge is -2.28. The van der Waals surface area contributed by atoms with Gasteiger partial charge in [0.1, 0.15) is 36.3 Å². The van der Waals surface area contributed by atoms with Gasteiger partial charge in [0.15, 0.2) is 5.96 Å². The Kier molecular flexibility index (Phi) is 22.7. The molecule has 0 aliphatic carbocycles. The van der Waals surface area contributed by atoms with Crippen LogP contribution in [0.1, 0.15) is 59.8 Å². The van der Waals surface area contributed by atoms with Crippen LogP contribution in [0, 0.1) is 5.92 Å². The van der Waals surface area contributed by atoms with Crippen molar-refractivity contribution in [3.8, 4) is 0 Å². The number of rotatable bonds is 26. The SMILES string of the molecule is CC(C)C[C@H](NC(=O)[C@@H](NC(=O)[C@H](CO)NC(=O)[C@@H](NC(=O)[C@@H](N)CCCN=C(N)N)[C@@H](C)O)[C@@H](C)O)C(=O)N[C@@H](CCC(=O)O)C(=O)N[C@@H](CO)C(=O)O. The molecule has 314 valence electrons. The second-order valence-electron chi connectivity index (χ2n) is 13.0. The summed E-state index contributed by atoms with van der Waals surface area (Å²) in [6.07, 6.45) is -4.03. The molecule has 0 radical (unpaired) electrons. The first-order valence-corrected chi connectivity index (χ1v) is 17.2. The molecule has 55 heavy (non-hydrogen) atoms. The van der Waals surface area contributed by atoms with Crippen LogP contribution in [0.25, 0.3) is 0 Å². The van der Waals surface area contributed by atoms with Gasteiger partial charge in [-0.2, -0.15) is 0 Å². The normalized spacial score (nSPS) is 16.0. The van der Waals surface area contributed by atoms with E-state index in [4.69, 9.17) is 27.4 Å². The first-order chi connectivity index (χ1) is 25.5. The summed E-state index contributed by atoms with van der Waals surface area (Å²) in [5.41, 5.74) is 16.3. The second-order valence-corrected chi connectivity index (χ2v) is 13.0. The van der Waals surface area contributed by atoms with Crippen molar-refractivity contribution in [3.63, 3.8) is 0 Å². The maximum absolute atomic E-state index is 13.4. The number of carboxylic acid groups (broad SMARTS) is 2. The number of nitrogens with two attached hydrogens (primary N) is 3. The van der Waals surface area contributed by atoms with Crippen molar-refractivity contribution in [1.29, 1.82) is 0 Å². The van der Waals surface area contributed by atoms with E-state index in [2.05, 4.69) is 31.6 Å². The number of carboxylic acids is 2. The summed E-state index contributed by atoms with van der Waals surface area (Å²) in [6.45, 7) is 3.67. The van der Waals surface area contributed by atoms with E-state index >= 15 is 0 Å². The molecular weight excluding hydrogens is 736 g/mol. The van der Waals surface area contributed by atoms with Crippen molar-refractivity contribution < 1.29 is 69.0 Å². The van der Waals surface area contributed by atoms with Gasteiger partial charge >= 0.3 is 11.9 Å². The lowest BCUT2D eigenvalue weighted by molar-refractivity contribution is -0.144. The first kappa shape index (κ1) is 49.8. The van der Waals surface area contributed by atoms with Gasteiger partial charge in [0.05, 0.1) is 31.5 Å². The Labute approximate surface area is 316 Å². The Morgan fingerprint density at radius 1 is 0.600 bits per heavy atom. The number of hydrogen-bond acceptors (Lipinski definition) is 14. The molecule has 0 saturated carbocycles. The molecule has 24 heteroatoms. The number of guanidine groups is 1. The van der Waals surface area contributed by atoms with Crippen LogP contribution < -0.4 is 49.1 Å². The molecule has 0 bridgehead atoms. The average Bonchev–Trinajstić information content (AvgIpc) is 3.08. The van der Waals surface area contributed by atoms with Crippen LogP contribution in [0.15, 0.2) is 4.99 Å². The molecule has 0 fully saturated rings. The molecule has 18 N–H and O–H groups in total. The highest BCUT2D eigenvalue weighted by molar-refractivity contribution is 5.97. The van der Waals surface area contributed by atoms with Crippen molar-refractivity contribution >= 4 is 53.3 Å². The number of aliphatic imine (C=N–C) groups is 1. The van der Waals surface area contributed by atoms with Crippen molar-refractivity contribution in [2.24, 2.45) is 28.1 Å². The molecule has 0 heterocycles. The molecule has 0 aromatic rings. The molecule has 6 amide bonds. The third kappa shape index (κ3) is 19.1. The zero-order valence-electron chi connectivity index (χ0n) is 31.1. The van der Waals surface area contributed by atoms with E-state index in [9.17, 15) is 58.8 Å². The van der Waals surface area contributed by atoms with Crippen LogP contribution in [-0.2, 0) is 38.4 Å². The standard InChI is InChI=1S/C31H56N10O14/c1-13(2)10-18(26(50)36-17(7-8-21(46)47)25(49)39-20(12-43)30(54)55)37-28(52)23(15(4)45)41-27(51)19(11-42)38-29(53)22(14(3)44)40-24(48)16(32)6-5-9-35-31(33)34/h13-20,22-23,42-45H,5-12,32H2,1-4H3,(H,36,50)(H,37,52)(H,38,53)(H,39,49)(H,40,48)(H,41,51)(H,46,47)(H,54,55)(H4,33,34,35)/t14-,15-,16+,17+,18+,19+,20+,22+,23+/m1/s1. The Morgan fingerprint density at radius 3 is 1.47 bits per heavy atom. The summed E-state index contributed by atoms with van der Waals surface area (Å²) in [7, 11) is 0. The Bertz CT molecular complexity index is 1360. The van der Waals surface area contributed by atoms with E-state index in [0.717, 1.165) is 13.8 Å². The number of aliphatic hydroxyl groups excluding tert-OH is 4. The summed E-state index contributed by atoms with van der Waals surface area (Å²) in [4.78, 5) is 105. The van der Waals surface area contributed by atoms with Gasteiger partial charge in [0, 0.05) is 13.0 Å². The minimum absolute atomic E-state index is 0.0958. The fourth-order valence-corrected chi connectivity index (χ4v) is 4.66. The van der Waals surface area contributed by atoms with E-state index < -0.39 is 128 Å². The van der Waals surface area contributed by atoms with Gasteiger partial charge in [-0.1, -0.05) is 13.8 Å². The van der Waals surface area contributed by atoms with Crippen molar-refractivity contribution in [2.45, 2.75) is 114 Å². The summed E-state index contributed by atoms with van der Waals surface area (Å²) >= 11 is 0. The maximum atomic E-state index is 13.4. The van der Waals surface area contributed by atoms with E-state index in [0.29, 0.717) is 6.42 Å². The van der Waals surface area contributed by atoms with Crippen LogP contribution in [0.4, 0.5) is 0 Å². The molecule has 24 nitrogen and oxygen atoms in total. The molecule has 0 unspecified atom stereocenters. The lowest BCUT2D eigenvalue weighted by Crippen LogP contribution is -2.63. The third-order valence-corrected chi connectivity index (χ3v) is 7.66. The Balaban J connectivity index is 5.94.